The number of aryl methyl sites for hydroxylation is 1. The van der Waals surface area contributed by atoms with Gasteiger partial charge in [-0.15, -0.1) is 0 Å². The summed E-state index contributed by atoms with van der Waals surface area (Å²) in [5.74, 6) is 0.606. The monoisotopic (exact) mass is 292 g/mol. The lowest BCUT2D eigenvalue weighted by molar-refractivity contribution is 0.258. The van der Waals surface area contributed by atoms with Crippen LogP contribution in [0, 0.1) is 18.7 Å². The predicted octanol–water partition coefficient (Wildman–Crippen LogP) is 3.39. The largest absolute Gasteiger partial charge is 0.313 e. The van der Waals surface area contributed by atoms with E-state index in [2.05, 4.69) is 24.1 Å². The van der Waals surface area contributed by atoms with Crippen LogP contribution in [0.3, 0.4) is 0 Å². The molecule has 0 radical (unpaired) electrons. The Balaban J connectivity index is 1.88. The van der Waals surface area contributed by atoms with Crippen molar-refractivity contribution in [1.29, 1.82) is 0 Å². The van der Waals surface area contributed by atoms with Crippen molar-refractivity contribution in [3.63, 3.8) is 0 Å². The number of hydrogen-bond acceptors (Lipinski definition) is 2. The van der Waals surface area contributed by atoms with Gasteiger partial charge in [-0.25, -0.2) is 4.39 Å². The average molecular weight is 292 g/mol. The molecule has 1 fully saturated rings. The van der Waals surface area contributed by atoms with E-state index in [1.807, 2.05) is 13.0 Å². The summed E-state index contributed by atoms with van der Waals surface area (Å²) in [5.41, 5.74) is 2.34. The van der Waals surface area contributed by atoms with Crippen molar-refractivity contribution < 1.29 is 4.39 Å². The van der Waals surface area contributed by atoms with Gasteiger partial charge < -0.3 is 10.2 Å². The summed E-state index contributed by atoms with van der Waals surface area (Å²) in [6.07, 6.45) is 3.48. The molecule has 1 aliphatic rings. The zero-order valence-corrected chi connectivity index (χ0v) is 13.7. The average Bonchev–Trinajstić information content (AvgIpc) is 2.62. The lowest BCUT2D eigenvalue weighted by atomic mass is 10.0. The second-order valence-corrected chi connectivity index (χ2v) is 6.76. The van der Waals surface area contributed by atoms with Gasteiger partial charge in [0.1, 0.15) is 5.82 Å². The molecule has 21 heavy (non-hydrogen) atoms. The zero-order valence-electron chi connectivity index (χ0n) is 13.7. The molecule has 1 aromatic carbocycles. The highest BCUT2D eigenvalue weighted by molar-refractivity contribution is 5.26. The van der Waals surface area contributed by atoms with Gasteiger partial charge in [0.2, 0.25) is 0 Å². The number of nitrogens with one attached hydrogen (secondary N) is 1. The Kier molecular flexibility index (Phi) is 6.19. The van der Waals surface area contributed by atoms with E-state index in [-0.39, 0.29) is 5.82 Å². The Morgan fingerprint density at radius 2 is 2.19 bits per heavy atom. The van der Waals surface area contributed by atoms with Crippen LogP contribution in [-0.4, -0.2) is 37.1 Å². The maximum atomic E-state index is 13.2. The molecule has 118 valence electrons. The standard InChI is InChI=1S/C18H29FN2/c1-14(2)11-18-13-21(9-4-8-20-18)10-7-16-5-6-17(19)12-15(16)3/h5-6,12,14,18,20H,4,7-11,13H2,1-3H3. The maximum absolute atomic E-state index is 13.2. The third-order valence-corrected chi connectivity index (χ3v) is 4.32. The molecular weight excluding hydrogens is 263 g/mol. The van der Waals surface area contributed by atoms with Crippen LogP contribution in [0.15, 0.2) is 18.2 Å². The minimum Gasteiger partial charge on any atom is -0.313 e. The quantitative estimate of drug-likeness (QED) is 0.895. The summed E-state index contributed by atoms with van der Waals surface area (Å²) in [5, 5.41) is 3.67. The van der Waals surface area contributed by atoms with Gasteiger partial charge in [0.05, 0.1) is 0 Å². The van der Waals surface area contributed by atoms with Crippen LogP contribution >= 0.6 is 0 Å². The number of halogens is 1. The Labute approximate surface area is 128 Å². The highest BCUT2D eigenvalue weighted by atomic mass is 19.1. The van der Waals surface area contributed by atoms with Crippen molar-refractivity contribution in [2.75, 3.05) is 26.2 Å². The second-order valence-electron chi connectivity index (χ2n) is 6.76. The number of rotatable bonds is 5. The predicted molar refractivity (Wildman–Crippen MR) is 87.1 cm³/mol. The molecule has 0 aliphatic carbocycles. The number of benzene rings is 1. The minimum atomic E-state index is -0.132. The van der Waals surface area contributed by atoms with Gasteiger partial charge in [0, 0.05) is 19.1 Å². The van der Waals surface area contributed by atoms with Crippen molar-refractivity contribution in [2.45, 2.75) is 46.1 Å². The molecule has 0 spiro atoms. The van der Waals surface area contributed by atoms with Crippen molar-refractivity contribution in [3.05, 3.63) is 35.1 Å². The highest BCUT2D eigenvalue weighted by Crippen LogP contribution is 2.13. The molecule has 1 unspecified atom stereocenters. The topological polar surface area (TPSA) is 15.3 Å². The molecule has 1 saturated heterocycles. The van der Waals surface area contributed by atoms with Crippen LogP contribution in [-0.2, 0) is 6.42 Å². The van der Waals surface area contributed by atoms with Gasteiger partial charge in [0.25, 0.3) is 0 Å². The van der Waals surface area contributed by atoms with E-state index >= 15 is 0 Å². The Morgan fingerprint density at radius 3 is 2.90 bits per heavy atom. The van der Waals surface area contributed by atoms with Crippen LogP contribution in [0.25, 0.3) is 0 Å². The van der Waals surface area contributed by atoms with E-state index in [1.54, 1.807) is 12.1 Å². The number of nitrogens with zero attached hydrogens (tertiary/aromatic N) is 1. The van der Waals surface area contributed by atoms with Gasteiger partial charge in [-0.2, -0.15) is 0 Å². The van der Waals surface area contributed by atoms with Crippen LogP contribution in [0.4, 0.5) is 4.39 Å². The molecule has 1 aromatic rings. The van der Waals surface area contributed by atoms with Gasteiger partial charge in [-0.05, 0) is 68.5 Å². The third kappa shape index (κ3) is 5.40. The fourth-order valence-corrected chi connectivity index (χ4v) is 3.22. The van der Waals surface area contributed by atoms with Crippen LogP contribution in [0.2, 0.25) is 0 Å². The van der Waals surface area contributed by atoms with Crippen molar-refractivity contribution in [3.8, 4) is 0 Å². The van der Waals surface area contributed by atoms with E-state index < -0.39 is 0 Å². The smallest absolute Gasteiger partial charge is 0.123 e. The van der Waals surface area contributed by atoms with E-state index in [0.29, 0.717) is 6.04 Å². The molecule has 1 heterocycles. The first-order valence-electron chi connectivity index (χ1n) is 8.25. The van der Waals surface area contributed by atoms with Gasteiger partial charge in [0.15, 0.2) is 0 Å². The van der Waals surface area contributed by atoms with E-state index in [0.717, 1.165) is 37.5 Å². The summed E-state index contributed by atoms with van der Waals surface area (Å²) in [4.78, 5) is 2.57. The molecule has 0 amide bonds. The van der Waals surface area contributed by atoms with Crippen LogP contribution in [0.1, 0.15) is 37.8 Å². The van der Waals surface area contributed by atoms with Crippen molar-refractivity contribution >= 4 is 0 Å². The molecule has 0 bridgehead atoms. The van der Waals surface area contributed by atoms with Crippen LogP contribution in [0.5, 0.6) is 0 Å². The van der Waals surface area contributed by atoms with Gasteiger partial charge >= 0.3 is 0 Å². The Hall–Kier alpha value is -0.930. The fraction of sp³-hybridized carbons (Fsp3) is 0.667. The summed E-state index contributed by atoms with van der Waals surface area (Å²) >= 11 is 0. The number of hydrogen-bond donors (Lipinski definition) is 1. The molecule has 3 heteroatoms. The highest BCUT2D eigenvalue weighted by Gasteiger charge is 2.18. The maximum Gasteiger partial charge on any atom is 0.123 e. The van der Waals surface area contributed by atoms with Gasteiger partial charge in [-0.1, -0.05) is 19.9 Å². The van der Waals surface area contributed by atoms with E-state index in [1.165, 1.54) is 24.9 Å². The van der Waals surface area contributed by atoms with E-state index in [4.69, 9.17) is 0 Å². The molecule has 1 atom stereocenters. The Morgan fingerprint density at radius 1 is 1.38 bits per heavy atom. The first-order valence-corrected chi connectivity index (χ1v) is 8.25. The van der Waals surface area contributed by atoms with Gasteiger partial charge in [-0.3, -0.25) is 0 Å². The summed E-state index contributed by atoms with van der Waals surface area (Å²) < 4.78 is 13.2. The molecule has 0 saturated carbocycles. The first kappa shape index (κ1) is 16.4. The molecule has 1 aliphatic heterocycles. The van der Waals surface area contributed by atoms with Crippen molar-refractivity contribution in [2.24, 2.45) is 5.92 Å². The Bertz CT molecular complexity index is 445. The molecule has 0 aromatic heterocycles. The lowest BCUT2D eigenvalue weighted by Crippen LogP contribution is -2.39. The second kappa shape index (κ2) is 7.90. The normalized spacial score (nSPS) is 20.7. The zero-order chi connectivity index (χ0) is 15.2. The lowest BCUT2D eigenvalue weighted by Gasteiger charge is -2.25. The first-order chi connectivity index (χ1) is 10.0. The molecule has 2 nitrogen and oxygen atoms in total. The molecule has 1 N–H and O–H groups in total. The minimum absolute atomic E-state index is 0.132. The fourth-order valence-electron chi connectivity index (χ4n) is 3.22. The summed E-state index contributed by atoms with van der Waals surface area (Å²) in [6.45, 7) is 11.1. The molecule has 2 rings (SSSR count). The summed E-state index contributed by atoms with van der Waals surface area (Å²) in [6, 6.07) is 5.77. The van der Waals surface area contributed by atoms with Crippen LogP contribution < -0.4 is 5.32 Å². The van der Waals surface area contributed by atoms with Crippen molar-refractivity contribution in [1.82, 2.24) is 10.2 Å². The molecular formula is C18H29FN2. The third-order valence-electron chi connectivity index (χ3n) is 4.32. The summed E-state index contributed by atoms with van der Waals surface area (Å²) in [7, 11) is 0. The SMILES string of the molecule is Cc1cc(F)ccc1CCN1CCCNC(CC(C)C)C1. The van der Waals surface area contributed by atoms with E-state index in [9.17, 15) is 4.39 Å².